The zero-order chi connectivity index (χ0) is 23.5. The van der Waals surface area contributed by atoms with Crippen LogP contribution in [0.1, 0.15) is 73.6 Å². The maximum Gasteiger partial charge on any atom is 0.253 e. The fraction of sp³-hybridized carbons (Fsp3) is 0.407. The molecular weight excluding hydrogens is 424 g/mol. The molecule has 2 aromatic carbocycles. The van der Waals surface area contributed by atoms with Gasteiger partial charge in [-0.15, -0.1) is 5.10 Å². The zero-order valence-corrected chi connectivity index (χ0v) is 19.9. The number of nitrogens with one attached hydrogen (secondary N) is 1. The van der Waals surface area contributed by atoms with E-state index in [2.05, 4.69) is 68.7 Å². The molecule has 176 valence electrons. The predicted molar refractivity (Wildman–Crippen MR) is 134 cm³/mol. The molecule has 0 saturated heterocycles. The SMILES string of the molecule is CCN(Cc1ccccc1)[C@@H](c1cc2ccc(C)cc2[nH]c1=O)c1nnnn1C1CCCCC1. The van der Waals surface area contributed by atoms with E-state index in [1.54, 1.807) is 0 Å². The molecule has 34 heavy (non-hydrogen) atoms. The topological polar surface area (TPSA) is 79.7 Å². The fourth-order valence-corrected chi connectivity index (χ4v) is 5.20. The fourth-order valence-electron chi connectivity index (χ4n) is 5.20. The normalized spacial score (nSPS) is 15.7. The summed E-state index contributed by atoms with van der Waals surface area (Å²) < 4.78 is 2.00. The lowest BCUT2D eigenvalue weighted by molar-refractivity contribution is 0.204. The van der Waals surface area contributed by atoms with E-state index in [1.165, 1.54) is 24.8 Å². The van der Waals surface area contributed by atoms with Gasteiger partial charge in [0, 0.05) is 17.6 Å². The monoisotopic (exact) mass is 456 g/mol. The summed E-state index contributed by atoms with van der Waals surface area (Å²) in [6, 6.07) is 18.5. The van der Waals surface area contributed by atoms with Crippen molar-refractivity contribution in [2.45, 2.75) is 64.6 Å². The Labute approximate surface area is 199 Å². The summed E-state index contributed by atoms with van der Waals surface area (Å²) in [6.07, 6.45) is 5.78. The standard InChI is InChI=1S/C27H32N6O/c1-3-32(18-20-10-6-4-7-11-20)25(26-29-30-31-33(26)22-12-8-5-9-13-22)23-17-21-15-14-19(2)16-24(21)28-27(23)34/h4,6-7,10-11,14-17,22,25H,3,5,8-9,12-13,18H2,1-2H3,(H,28,34)/t25-/m0/s1. The zero-order valence-electron chi connectivity index (χ0n) is 19.9. The van der Waals surface area contributed by atoms with Crippen molar-refractivity contribution in [1.29, 1.82) is 0 Å². The lowest BCUT2D eigenvalue weighted by Crippen LogP contribution is -2.35. The molecule has 2 aromatic heterocycles. The van der Waals surface area contributed by atoms with Crippen LogP contribution in [0.2, 0.25) is 0 Å². The van der Waals surface area contributed by atoms with Crippen LogP contribution in [0.5, 0.6) is 0 Å². The van der Waals surface area contributed by atoms with Crippen LogP contribution in [0.4, 0.5) is 0 Å². The highest BCUT2D eigenvalue weighted by atomic mass is 16.1. The molecule has 0 aliphatic heterocycles. The number of tetrazole rings is 1. The highest BCUT2D eigenvalue weighted by Gasteiger charge is 2.32. The first-order valence-corrected chi connectivity index (χ1v) is 12.3. The number of hydrogen-bond acceptors (Lipinski definition) is 5. The summed E-state index contributed by atoms with van der Waals surface area (Å²) >= 11 is 0. The van der Waals surface area contributed by atoms with Gasteiger partial charge in [0.2, 0.25) is 0 Å². The van der Waals surface area contributed by atoms with Gasteiger partial charge >= 0.3 is 0 Å². The second-order valence-electron chi connectivity index (χ2n) is 9.37. The van der Waals surface area contributed by atoms with Crippen LogP contribution in [0, 0.1) is 6.92 Å². The van der Waals surface area contributed by atoms with E-state index in [-0.39, 0.29) is 17.6 Å². The van der Waals surface area contributed by atoms with Crippen LogP contribution in [0.3, 0.4) is 0 Å². The molecule has 1 aliphatic carbocycles. The van der Waals surface area contributed by atoms with Crippen LogP contribution in [-0.4, -0.2) is 36.6 Å². The number of pyridine rings is 1. The van der Waals surface area contributed by atoms with Crippen molar-refractivity contribution >= 4 is 10.9 Å². The van der Waals surface area contributed by atoms with Gasteiger partial charge in [-0.1, -0.05) is 68.7 Å². The van der Waals surface area contributed by atoms with E-state index in [0.29, 0.717) is 12.1 Å². The first kappa shape index (κ1) is 22.5. The van der Waals surface area contributed by atoms with E-state index in [9.17, 15) is 4.79 Å². The third-order valence-corrected chi connectivity index (χ3v) is 7.01. The molecule has 0 unspecified atom stereocenters. The molecule has 1 atom stereocenters. The number of aromatic amines is 1. The quantitative estimate of drug-likeness (QED) is 0.426. The van der Waals surface area contributed by atoms with Crippen LogP contribution >= 0.6 is 0 Å². The second kappa shape index (κ2) is 9.89. The van der Waals surface area contributed by atoms with Crippen LogP contribution in [-0.2, 0) is 6.54 Å². The Bertz CT molecular complexity index is 1310. The van der Waals surface area contributed by atoms with Crippen molar-refractivity contribution in [2.24, 2.45) is 0 Å². The van der Waals surface area contributed by atoms with Crippen molar-refractivity contribution in [2.75, 3.05) is 6.54 Å². The highest BCUT2D eigenvalue weighted by Crippen LogP contribution is 2.33. The van der Waals surface area contributed by atoms with E-state index >= 15 is 0 Å². The second-order valence-corrected chi connectivity index (χ2v) is 9.37. The molecule has 2 heterocycles. The molecule has 1 aliphatic rings. The number of aryl methyl sites for hydroxylation is 1. The number of fused-ring (bicyclic) bond motifs is 1. The number of benzene rings is 2. The molecule has 5 rings (SSSR count). The maximum atomic E-state index is 13.5. The first-order valence-electron chi connectivity index (χ1n) is 12.3. The average molecular weight is 457 g/mol. The Hall–Kier alpha value is -3.32. The maximum absolute atomic E-state index is 13.5. The van der Waals surface area contributed by atoms with Gasteiger partial charge < -0.3 is 4.98 Å². The first-order chi connectivity index (χ1) is 16.6. The molecule has 0 spiro atoms. The van der Waals surface area contributed by atoms with Crippen molar-refractivity contribution in [3.63, 3.8) is 0 Å². The summed E-state index contributed by atoms with van der Waals surface area (Å²) in [5, 5.41) is 14.1. The van der Waals surface area contributed by atoms with Crippen LogP contribution in [0.15, 0.2) is 59.4 Å². The number of hydrogen-bond donors (Lipinski definition) is 1. The average Bonchev–Trinajstić information content (AvgIpc) is 3.34. The van der Waals surface area contributed by atoms with Crippen molar-refractivity contribution in [3.05, 3.63) is 87.5 Å². The molecule has 7 heteroatoms. The number of H-pyrrole nitrogens is 1. The van der Waals surface area contributed by atoms with E-state index in [4.69, 9.17) is 0 Å². The Morgan fingerprint density at radius 3 is 2.65 bits per heavy atom. The van der Waals surface area contributed by atoms with Gasteiger partial charge in [-0.25, -0.2) is 4.68 Å². The van der Waals surface area contributed by atoms with E-state index in [1.807, 2.05) is 29.8 Å². The van der Waals surface area contributed by atoms with Crippen molar-refractivity contribution in [3.8, 4) is 0 Å². The largest absolute Gasteiger partial charge is 0.322 e. The highest BCUT2D eigenvalue weighted by molar-refractivity contribution is 5.79. The molecule has 1 saturated carbocycles. The Morgan fingerprint density at radius 1 is 1.09 bits per heavy atom. The van der Waals surface area contributed by atoms with Crippen LogP contribution < -0.4 is 5.56 Å². The molecule has 7 nitrogen and oxygen atoms in total. The third kappa shape index (κ3) is 4.53. The minimum absolute atomic E-state index is 0.0900. The van der Waals surface area contributed by atoms with Gasteiger partial charge in [-0.2, -0.15) is 0 Å². The molecule has 0 radical (unpaired) electrons. The van der Waals surface area contributed by atoms with E-state index < -0.39 is 0 Å². The summed E-state index contributed by atoms with van der Waals surface area (Å²) in [4.78, 5) is 18.9. The Kier molecular flexibility index (Phi) is 6.54. The number of aromatic nitrogens is 5. The lowest BCUT2D eigenvalue weighted by Gasteiger charge is -2.32. The van der Waals surface area contributed by atoms with Gasteiger partial charge in [-0.3, -0.25) is 9.69 Å². The van der Waals surface area contributed by atoms with Crippen molar-refractivity contribution < 1.29 is 0 Å². The summed E-state index contributed by atoms with van der Waals surface area (Å²) in [5.74, 6) is 0.752. The predicted octanol–water partition coefficient (Wildman–Crippen LogP) is 4.94. The van der Waals surface area contributed by atoms with Gasteiger partial charge in [-0.05, 0) is 65.4 Å². The Balaban J connectivity index is 1.64. The van der Waals surface area contributed by atoms with Gasteiger partial charge in [0.15, 0.2) is 5.82 Å². The molecule has 0 bridgehead atoms. The molecular formula is C27H32N6O. The summed E-state index contributed by atoms with van der Waals surface area (Å²) in [5.41, 5.74) is 3.76. The molecule has 1 N–H and O–H groups in total. The summed E-state index contributed by atoms with van der Waals surface area (Å²) in [7, 11) is 0. The number of rotatable bonds is 7. The minimum atomic E-state index is -0.350. The molecule has 1 fully saturated rings. The number of nitrogens with zero attached hydrogens (tertiary/aromatic N) is 5. The van der Waals surface area contributed by atoms with Gasteiger partial charge in [0.05, 0.1) is 6.04 Å². The Morgan fingerprint density at radius 2 is 1.88 bits per heavy atom. The minimum Gasteiger partial charge on any atom is -0.322 e. The van der Waals surface area contributed by atoms with Gasteiger partial charge in [0.1, 0.15) is 6.04 Å². The molecule has 4 aromatic rings. The van der Waals surface area contributed by atoms with E-state index in [0.717, 1.165) is 41.7 Å². The lowest BCUT2D eigenvalue weighted by atomic mass is 9.95. The smallest absolute Gasteiger partial charge is 0.253 e. The molecule has 0 amide bonds. The third-order valence-electron chi connectivity index (χ3n) is 7.01. The van der Waals surface area contributed by atoms with Crippen molar-refractivity contribution in [1.82, 2.24) is 30.1 Å². The van der Waals surface area contributed by atoms with Gasteiger partial charge in [0.25, 0.3) is 5.56 Å². The summed E-state index contributed by atoms with van der Waals surface area (Å²) in [6.45, 7) is 5.61. The van der Waals surface area contributed by atoms with Crippen LogP contribution in [0.25, 0.3) is 10.9 Å².